The van der Waals surface area contributed by atoms with Gasteiger partial charge in [0.15, 0.2) is 0 Å². The van der Waals surface area contributed by atoms with Gasteiger partial charge in [0.05, 0.1) is 17.2 Å². The van der Waals surface area contributed by atoms with Gasteiger partial charge in [0.2, 0.25) is 5.13 Å². The van der Waals surface area contributed by atoms with E-state index in [1.54, 1.807) is 12.1 Å². The Morgan fingerprint density at radius 3 is 2.61 bits per heavy atom. The molecule has 2 aromatic heterocycles. The van der Waals surface area contributed by atoms with E-state index in [1.165, 1.54) is 23.5 Å². The molecular formula is C14H14N6O2S. The average Bonchev–Trinajstić information content (AvgIpc) is 3.06. The van der Waals surface area contributed by atoms with Crippen molar-refractivity contribution in [3.63, 3.8) is 0 Å². The first-order chi connectivity index (χ1) is 11.0. The predicted octanol–water partition coefficient (Wildman–Crippen LogP) is 3.05. The van der Waals surface area contributed by atoms with Crippen molar-refractivity contribution in [3.05, 3.63) is 56.8 Å². The van der Waals surface area contributed by atoms with E-state index in [2.05, 4.69) is 20.6 Å². The third kappa shape index (κ3) is 3.51. The van der Waals surface area contributed by atoms with Crippen LogP contribution in [0.15, 0.2) is 30.3 Å². The number of hydrogen-bond acceptors (Lipinski definition) is 7. The average molecular weight is 330 g/mol. The van der Waals surface area contributed by atoms with Gasteiger partial charge in [-0.3, -0.25) is 14.8 Å². The second-order valence-electron chi connectivity index (χ2n) is 5.01. The van der Waals surface area contributed by atoms with Gasteiger partial charge < -0.3 is 5.32 Å². The van der Waals surface area contributed by atoms with E-state index in [-0.39, 0.29) is 5.69 Å². The van der Waals surface area contributed by atoms with Gasteiger partial charge in [-0.1, -0.05) is 11.3 Å². The lowest BCUT2D eigenvalue weighted by Crippen LogP contribution is -2.03. The third-order valence-electron chi connectivity index (χ3n) is 3.18. The number of nitro benzene ring substituents is 1. The number of benzene rings is 1. The van der Waals surface area contributed by atoms with Crippen LogP contribution in [-0.2, 0) is 6.54 Å². The summed E-state index contributed by atoms with van der Waals surface area (Å²) in [6.45, 7) is 4.52. The van der Waals surface area contributed by atoms with Crippen LogP contribution in [0.25, 0.3) is 0 Å². The van der Waals surface area contributed by atoms with Gasteiger partial charge in [-0.15, -0.1) is 10.2 Å². The van der Waals surface area contributed by atoms with Gasteiger partial charge in [0.1, 0.15) is 5.01 Å². The summed E-state index contributed by atoms with van der Waals surface area (Å²) in [6, 6.07) is 8.18. The molecule has 0 aliphatic carbocycles. The molecule has 118 valence electrons. The quantitative estimate of drug-likeness (QED) is 0.570. The molecule has 0 bridgehead atoms. The zero-order chi connectivity index (χ0) is 16.4. The molecule has 0 spiro atoms. The molecule has 0 aliphatic heterocycles. The Hall–Kier alpha value is -2.81. The van der Waals surface area contributed by atoms with Crippen LogP contribution < -0.4 is 5.32 Å². The Balaban J connectivity index is 1.69. The minimum absolute atomic E-state index is 0.0537. The van der Waals surface area contributed by atoms with Crippen LogP contribution in [0.5, 0.6) is 0 Å². The highest BCUT2D eigenvalue weighted by Crippen LogP contribution is 2.23. The maximum Gasteiger partial charge on any atom is 0.269 e. The van der Waals surface area contributed by atoms with Crippen molar-refractivity contribution in [2.75, 3.05) is 5.32 Å². The largest absolute Gasteiger partial charge is 0.330 e. The first-order valence-corrected chi connectivity index (χ1v) is 7.68. The minimum Gasteiger partial charge on any atom is -0.330 e. The molecule has 0 atom stereocenters. The maximum absolute atomic E-state index is 10.6. The van der Waals surface area contributed by atoms with Crippen molar-refractivity contribution in [3.8, 4) is 0 Å². The van der Waals surface area contributed by atoms with Gasteiger partial charge in [-0.25, -0.2) is 0 Å². The first kappa shape index (κ1) is 15.1. The lowest BCUT2D eigenvalue weighted by Gasteiger charge is -2.01. The lowest BCUT2D eigenvalue weighted by atomic mass is 10.3. The minimum atomic E-state index is -0.429. The van der Waals surface area contributed by atoms with Crippen LogP contribution in [-0.4, -0.2) is 24.9 Å². The molecule has 23 heavy (non-hydrogen) atoms. The number of hydrogen-bond donors (Lipinski definition) is 1. The molecule has 0 fully saturated rings. The lowest BCUT2D eigenvalue weighted by molar-refractivity contribution is -0.384. The van der Waals surface area contributed by atoms with Crippen LogP contribution >= 0.6 is 11.3 Å². The molecule has 0 amide bonds. The Morgan fingerprint density at radius 1 is 1.26 bits per heavy atom. The summed E-state index contributed by atoms with van der Waals surface area (Å²) in [5, 5.41) is 27.8. The number of non-ortho nitro benzene ring substituents is 1. The fourth-order valence-electron chi connectivity index (χ4n) is 2.12. The Morgan fingerprint density at radius 2 is 2.00 bits per heavy atom. The summed E-state index contributed by atoms with van der Waals surface area (Å²) in [4.78, 5) is 10.2. The first-order valence-electron chi connectivity index (χ1n) is 6.86. The molecule has 2 heterocycles. The number of rotatable bonds is 5. The highest BCUT2D eigenvalue weighted by molar-refractivity contribution is 7.15. The van der Waals surface area contributed by atoms with E-state index in [4.69, 9.17) is 0 Å². The summed E-state index contributed by atoms with van der Waals surface area (Å²) in [7, 11) is 0. The second-order valence-corrected chi connectivity index (χ2v) is 6.08. The normalized spacial score (nSPS) is 10.7. The maximum atomic E-state index is 10.6. The van der Waals surface area contributed by atoms with E-state index in [0.29, 0.717) is 11.7 Å². The molecule has 0 aliphatic rings. The highest BCUT2D eigenvalue weighted by Gasteiger charge is 2.09. The van der Waals surface area contributed by atoms with Gasteiger partial charge in [-0.05, 0) is 32.0 Å². The summed E-state index contributed by atoms with van der Waals surface area (Å²) in [5.74, 6) is 0. The molecule has 3 aromatic rings. The van der Waals surface area contributed by atoms with Crippen molar-refractivity contribution in [2.45, 2.75) is 20.4 Å². The van der Waals surface area contributed by atoms with Crippen LogP contribution in [0.2, 0.25) is 0 Å². The molecule has 0 radical (unpaired) electrons. The number of aryl methyl sites for hydroxylation is 2. The van der Waals surface area contributed by atoms with Crippen molar-refractivity contribution >= 4 is 27.8 Å². The number of nitrogens with one attached hydrogen (secondary N) is 1. The summed E-state index contributed by atoms with van der Waals surface area (Å²) in [5.41, 5.74) is 2.82. The molecule has 9 heteroatoms. The molecule has 3 rings (SSSR count). The molecule has 0 unspecified atom stereocenters. The molecular weight excluding hydrogens is 316 g/mol. The second kappa shape index (κ2) is 6.13. The zero-order valence-corrected chi connectivity index (χ0v) is 13.4. The van der Waals surface area contributed by atoms with E-state index < -0.39 is 4.92 Å². The fourth-order valence-corrected chi connectivity index (χ4v) is 2.86. The number of anilines is 2. The van der Waals surface area contributed by atoms with Gasteiger partial charge in [0.25, 0.3) is 5.69 Å². The predicted molar refractivity (Wildman–Crippen MR) is 87.1 cm³/mol. The number of nitro groups is 1. The SMILES string of the molecule is Cc1cc(C)n(Cc2nnc(Nc3ccc([N+](=O)[O-])cc3)s2)n1. The van der Waals surface area contributed by atoms with E-state index in [1.807, 2.05) is 24.6 Å². The Kier molecular flexibility index (Phi) is 4.02. The van der Waals surface area contributed by atoms with Crippen LogP contribution in [0.3, 0.4) is 0 Å². The number of nitrogens with zero attached hydrogens (tertiary/aromatic N) is 5. The van der Waals surface area contributed by atoms with Gasteiger partial charge >= 0.3 is 0 Å². The van der Waals surface area contributed by atoms with E-state index in [0.717, 1.165) is 22.1 Å². The fraction of sp³-hybridized carbons (Fsp3) is 0.214. The molecule has 8 nitrogen and oxygen atoms in total. The highest BCUT2D eigenvalue weighted by atomic mass is 32.1. The van der Waals surface area contributed by atoms with E-state index >= 15 is 0 Å². The third-order valence-corrected chi connectivity index (χ3v) is 4.01. The zero-order valence-electron chi connectivity index (χ0n) is 12.6. The number of aromatic nitrogens is 4. The van der Waals surface area contributed by atoms with Crippen LogP contribution in [0.4, 0.5) is 16.5 Å². The summed E-state index contributed by atoms with van der Waals surface area (Å²) in [6.07, 6.45) is 0. The summed E-state index contributed by atoms with van der Waals surface area (Å²) < 4.78 is 1.88. The van der Waals surface area contributed by atoms with Crippen molar-refractivity contribution in [1.29, 1.82) is 0 Å². The van der Waals surface area contributed by atoms with Crippen LogP contribution in [0.1, 0.15) is 16.4 Å². The standard InChI is InChI=1S/C14H14N6O2S/c1-9-7-10(2)19(18-9)8-13-16-17-14(23-13)15-11-3-5-12(6-4-11)20(21)22/h3-7H,8H2,1-2H3,(H,15,17). The van der Waals surface area contributed by atoms with E-state index in [9.17, 15) is 10.1 Å². The molecule has 0 saturated heterocycles. The van der Waals surface area contributed by atoms with Gasteiger partial charge in [0, 0.05) is 23.5 Å². The monoisotopic (exact) mass is 330 g/mol. The molecule has 0 saturated carbocycles. The van der Waals surface area contributed by atoms with Crippen molar-refractivity contribution in [2.24, 2.45) is 0 Å². The van der Waals surface area contributed by atoms with Crippen LogP contribution in [0, 0.1) is 24.0 Å². The Bertz CT molecular complexity index is 839. The van der Waals surface area contributed by atoms with Crippen molar-refractivity contribution < 1.29 is 4.92 Å². The topological polar surface area (TPSA) is 98.8 Å². The molecule has 1 aromatic carbocycles. The van der Waals surface area contributed by atoms with Gasteiger partial charge in [-0.2, -0.15) is 5.10 Å². The Labute approximate surface area is 135 Å². The molecule has 1 N–H and O–H groups in total. The summed E-state index contributed by atoms with van der Waals surface area (Å²) >= 11 is 1.42. The smallest absolute Gasteiger partial charge is 0.269 e. The van der Waals surface area contributed by atoms with Crippen molar-refractivity contribution in [1.82, 2.24) is 20.0 Å².